The molecule has 2 N–H and O–H groups in total. The van der Waals surface area contributed by atoms with E-state index in [1.54, 1.807) is 7.11 Å². The van der Waals surface area contributed by atoms with Crippen molar-refractivity contribution in [3.8, 4) is 5.75 Å². The van der Waals surface area contributed by atoms with Crippen molar-refractivity contribution in [1.82, 2.24) is 10.6 Å². The third-order valence-electron chi connectivity index (χ3n) is 6.48. The van der Waals surface area contributed by atoms with Crippen molar-refractivity contribution in [3.63, 3.8) is 0 Å². The van der Waals surface area contributed by atoms with E-state index in [0.29, 0.717) is 17.9 Å². The highest BCUT2D eigenvalue weighted by molar-refractivity contribution is 5.85. The van der Waals surface area contributed by atoms with E-state index < -0.39 is 0 Å². The molecule has 1 amide bonds. The third-order valence-corrected chi connectivity index (χ3v) is 6.48. The Morgan fingerprint density at radius 2 is 2.24 bits per heavy atom. The molecule has 0 aromatic heterocycles. The van der Waals surface area contributed by atoms with Crippen LogP contribution in [0.25, 0.3) is 0 Å². The minimum Gasteiger partial charge on any atom is -0.497 e. The molecule has 3 aliphatic rings. The van der Waals surface area contributed by atoms with Crippen molar-refractivity contribution >= 4 is 18.3 Å². The van der Waals surface area contributed by atoms with Crippen LogP contribution in [0, 0.1) is 17.3 Å². The van der Waals surface area contributed by atoms with Gasteiger partial charge in [0.05, 0.1) is 12.5 Å². The zero-order valence-electron chi connectivity index (χ0n) is 14.9. The monoisotopic (exact) mass is 364 g/mol. The van der Waals surface area contributed by atoms with Gasteiger partial charge >= 0.3 is 0 Å². The maximum atomic E-state index is 13.3. The molecule has 2 bridgehead atoms. The van der Waals surface area contributed by atoms with Gasteiger partial charge in [0.15, 0.2) is 0 Å². The molecule has 4 nitrogen and oxygen atoms in total. The van der Waals surface area contributed by atoms with Crippen LogP contribution in [-0.2, 0) is 11.2 Å². The summed E-state index contributed by atoms with van der Waals surface area (Å²) < 4.78 is 5.37. The van der Waals surface area contributed by atoms with Crippen LogP contribution in [0.4, 0.5) is 0 Å². The summed E-state index contributed by atoms with van der Waals surface area (Å²) in [5, 5.41) is 6.71. The van der Waals surface area contributed by atoms with E-state index in [1.807, 2.05) is 12.1 Å². The van der Waals surface area contributed by atoms with Crippen LogP contribution in [0.1, 0.15) is 37.7 Å². The molecule has 4 rings (SSSR count). The Morgan fingerprint density at radius 3 is 2.88 bits per heavy atom. The van der Waals surface area contributed by atoms with Crippen LogP contribution in [0.3, 0.4) is 0 Å². The van der Waals surface area contributed by atoms with E-state index in [2.05, 4.69) is 22.8 Å². The quantitative estimate of drug-likeness (QED) is 0.844. The van der Waals surface area contributed by atoms with Crippen LogP contribution in [0.2, 0.25) is 0 Å². The number of hydrogen-bond donors (Lipinski definition) is 2. The summed E-state index contributed by atoms with van der Waals surface area (Å²) in [4.78, 5) is 13.3. The predicted octanol–water partition coefficient (Wildman–Crippen LogP) is 2.94. The predicted molar refractivity (Wildman–Crippen MR) is 101 cm³/mol. The SMILES string of the molecule is COc1cccc(CC2(C(=O)NC3CCNC3)CC3CCC2C3)c1.Cl. The number of carbonyl (C=O) groups excluding carboxylic acids is 1. The number of hydrogen-bond acceptors (Lipinski definition) is 3. The number of fused-ring (bicyclic) bond motifs is 2. The minimum absolute atomic E-state index is 0. The standard InChI is InChI=1S/C20H28N2O2.ClH/c1-24-18-4-2-3-14(10-18)11-20(12-15-5-6-16(20)9-15)19(23)22-17-7-8-21-13-17;/h2-4,10,15-17,21H,5-9,11-13H2,1H3,(H,22,23);1H. The fourth-order valence-electron chi connectivity index (χ4n) is 5.27. The van der Waals surface area contributed by atoms with Gasteiger partial charge in [-0.2, -0.15) is 0 Å². The number of nitrogens with one attached hydrogen (secondary N) is 2. The molecule has 1 heterocycles. The summed E-state index contributed by atoms with van der Waals surface area (Å²) in [7, 11) is 1.70. The van der Waals surface area contributed by atoms with E-state index in [4.69, 9.17) is 4.74 Å². The average Bonchev–Trinajstić information content (AvgIpc) is 3.32. The van der Waals surface area contributed by atoms with Crippen molar-refractivity contribution in [1.29, 1.82) is 0 Å². The minimum atomic E-state index is -0.210. The Morgan fingerprint density at radius 1 is 1.36 bits per heavy atom. The number of methoxy groups -OCH3 is 1. The average molecular weight is 365 g/mol. The first-order chi connectivity index (χ1) is 11.7. The molecule has 4 atom stereocenters. The van der Waals surface area contributed by atoms with Crippen LogP contribution in [-0.4, -0.2) is 32.1 Å². The van der Waals surface area contributed by atoms with Gasteiger partial charge in [0, 0.05) is 12.6 Å². The number of benzene rings is 1. The van der Waals surface area contributed by atoms with Gasteiger partial charge in [0.25, 0.3) is 0 Å². The maximum absolute atomic E-state index is 13.3. The lowest BCUT2D eigenvalue weighted by atomic mass is 9.68. The largest absolute Gasteiger partial charge is 0.497 e. The first-order valence-electron chi connectivity index (χ1n) is 9.34. The summed E-state index contributed by atoms with van der Waals surface area (Å²) in [5.41, 5.74) is 1.01. The van der Waals surface area contributed by atoms with Gasteiger partial charge in [0.2, 0.25) is 5.91 Å². The molecule has 2 aliphatic carbocycles. The second kappa shape index (κ2) is 7.55. The molecule has 25 heavy (non-hydrogen) atoms. The lowest BCUT2D eigenvalue weighted by Gasteiger charge is -2.37. The molecule has 1 aromatic carbocycles. The molecule has 4 unspecified atom stereocenters. The highest BCUT2D eigenvalue weighted by Gasteiger charge is 2.55. The lowest BCUT2D eigenvalue weighted by Crippen LogP contribution is -2.50. The van der Waals surface area contributed by atoms with Gasteiger partial charge in [-0.15, -0.1) is 12.4 Å². The maximum Gasteiger partial charge on any atom is 0.227 e. The van der Waals surface area contributed by atoms with Gasteiger partial charge < -0.3 is 15.4 Å². The summed E-state index contributed by atoms with van der Waals surface area (Å²) in [6, 6.07) is 8.55. The Labute approximate surface area is 156 Å². The third kappa shape index (κ3) is 3.52. The second-order valence-corrected chi connectivity index (χ2v) is 7.93. The molecule has 2 saturated carbocycles. The zero-order valence-corrected chi connectivity index (χ0v) is 15.7. The molecule has 1 aliphatic heterocycles. The normalized spacial score (nSPS) is 33.1. The molecule has 0 radical (unpaired) electrons. The summed E-state index contributed by atoms with van der Waals surface area (Å²) in [5.74, 6) is 2.47. The Balaban J connectivity index is 0.00000182. The van der Waals surface area contributed by atoms with Crippen LogP contribution < -0.4 is 15.4 Å². The first-order valence-corrected chi connectivity index (χ1v) is 9.34. The van der Waals surface area contributed by atoms with Crippen molar-refractivity contribution in [3.05, 3.63) is 29.8 Å². The number of ether oxygens (including phenoxy) is 1. The second-order valence-electron chi connectivity index (χ2n) is 7.93. The summed E-state index contributed by atoms with van der Waals surface area (Å²) in [6.45, 7) is 1.93. The first kappa shape index (κ1) is 18.5. The van der Waals surface area contributed by atoms with Gasteiger partial charge in [0.1, 0.15) is 5.75 Å². The topological polar surface area (TPSA) is 50.4 Å². The summed E-state index contributed by atoms with van der Waals surface area (Å²) >= 11 is 0. The molecule has 138 valence electrons. The molecular formula is C20H29ClN2O2. The van der Waals surface area contributed by atoms with Gasteiger partial charge in [-0.25, -0.2) is 0 Å². The zero-order chi connectivity index (χ0) is 16.6. The Kier molecular flexibility index (Phi) is 5.59. The Bertz CT molecular complexity index is 617. The van der Waals surface area contributed by atoms with Crippen molar-refractivity contribution in [2.75, 3.05) is 20.2 Å². The van der Waals surface area contributed by atoms with E-state index in [9.17, 15) is 4.79 Å². The lowest BCUT2D eigenvalue weighted by molar-refractivity contribution is -0.134. The van der Waals surface area contributed by atoms with Crippen LogP contribution in [0.15, 0.2) is 24.3 Å². The van der Waals surface area contributed by atoms with Gasteiger partial charge in [-0.3, -0.25) is 4.79 Å². The number of carbonyl (C=O) groups is 1. The molecular weight excluding hydrogens is 336 g/mol. The molecule has 1 saturated heterocycles. The highest BCUT2D eigenvalue weighted by atomic mass is 35.5. The van der Waals surface area contributed by atoms with E-state index in [0.717, 1.165) is 44.0 Å². The molecule has 1 aromatic rings. The highest BCUT2D eigenvalue weighted by Crippen LogP contribution is 2.57. The van der Waals surface area contributed by atoms with Crippen molar-refractivity contribution < 1.29 is 9.53 Å². The fraction of sp³-hybridized carbons (Fsp3) is 0.650. The van der Waals surface area contributed by atoms with Crippen molar-refractivity contribution in [2.24, 2.45) is 17.3 Å². The Hall–Kier alpha value is -1.26. The summed E-state index contributed by atoms with van der Waals surface area (Å²) in [6.07, 6.45) is 6.71. The molecule has 3 fully saturated rings. The van der Waals surface area contributed by atoms with Crippen LogP contribution in [0.5, 0.6) is 5.75 Å². The fourth-order valence-corrected chi connectivity index (χ4v) is 5.27. The van der Waals surface area contributed by atoms with E-state index in [-0.39, 0.29) is 17.8 Å². The van der Waals surface area contributed by atoms with E-state index >= 15 is 0 Å². The van der Waals surface area contributed by atoms with Crippen molar-refractivity contribution in [2.45, 2.75) is 44.6 Å². The van der Waals surface area contributed by atoms with Crippen LogP contribution >= 0.6 is 12.4 Å². The van der Waals surface area contributed by atoms with E-state index in [1.165, 1.54) is 24.8 Å². The smallest absolute Gasteiger partial charge is 0.227 e. The van der Waals surface area contributed by atoms with Gasteiger partial charge in [-0.1, -0.05) is 18.6 Å². The van der Waals surface area contributed by atoms with Gasteiger partial charge in [-0.05, 0) is 68.2 Å². The number of rotatable bonds is 5. The number of amides is 1. The molecule has 0 spiro atoms. The molecule has 5 heteroatoms. The number of halogens is 1.